The Hall–Kier alpha value is -2.17. The standard InChI is InChI=1S/C15H21N5/c1-11(2)13-14(16-3)19-10-20-15(13)18-8-6-12-5-4-7-17-9-12/h4-5,7,9-11H,6,8H2,1-3H3,(H2,16,18,19,20). The molecular formula is C15H21N5. The Morgan fingerprint density at radius 1 is 1.20 bits per heavy atom. The van der Waals surface area contributed by atoms with E-state index in [0.717, 1.165) is 30.2 Å². The first-order valence-corrected chi connectivity index (χ1v) is 6.87. The molecule has 2 rings (SSSR count). The highest BCUT2D eigenvalue weighted by Crippen LogP contribution is 2.27. The fraction of sp³-hybridized carbons (Fsp3) is 0.400. The SMILES string of the molecule is CNc1ncnc(NCCc2cccnc2)c1C(C)C. The summed E-state index contributed by atoms with van der Waals surface area (Å²) in [5.41, 5.74) is 2.34. The quantitative estimate of drug-likeness (QED) is 0.845. The van der Waals surface area contributed by atoms with Gasteiger partial charge in [-0.25, -0.2) is 9.97 Å². The van der Waals surface area contributed by atoms with Gasteiger partial charge in [0.2, 0.25) is 0 Å². The summed E-state index contributed by atoms with van der Waals surface area (Å²) in [4.78, 5) is 12.8. The summed E-state index contributed by atoms with van der Waals surface area (Å²) in [5, 5.41) is 6.52. The van der Waals surface area contributed by atoms with Crippen LogP contribution in [-0.2, 0) is 6.42 Å². The number of pyridine rings is 1. The van der Waals surface area contributed by atoms with Crippen molar-refractivity contribution in [2.24, 2.45) is 0 Å². The lowest BCUT2D eigenvalue weighted by atomic mass is 10.0. The molecule has 5 heteroatoms. The van der Waals surface area contributed by atoms with Gasteiger partial charge in [-0.15, -0.1) is 0 Å². The van der Waals surface area contributed by atoms with Crippen LogP contribution in [0.3, 0.4) is 0 Å². The van der Waals surface area contributed by atoms with Gasteiger partial charge < -0.3 is 10.6 Å². The maximum atomic E-state index is 4.36. The van der Waals surface area contributed by atoms with E-state index in [4.69, 9.17) is 0 Å². The van der Waals surface area contributed by atoms with E-state index >= 15 is 0 Å². The van der Waals surface area contributed by atoms with Gasteiger partial charge in [0.25, 0.3) is 0 Å². The normalized spacial score (nSPS) is 10.6. The average molecular weight is 271 g/mol. The molecular weight excluding hydrogens is 250 g/mol. The number of nitrogens with one attached hydrogen (secondary N) is 2. The summed E-state index contributed by atoms with van der Waals surface area (Å²) in [5.74, 6) is 2.15. The number of nitrogens with zero attached hydrogens (tertiary/aromatic N) is 3. The average Bonchev–Trinajstić information content (AvgIpc) is 2.47. The zero-order valence-electron chi connectivity index (χ0n) is 12.2. The molecule has 2 N–H and O–H groups in total. The third kappa shape index (κ3) is 3.44. The van der Waals surface area contributed by atoms with E-state index in [1.165, 1.54) is 5.56 Å². The lowest BCUT2D eigenvalue weighted by Crippen LogP contribution is -2.12. The molecule has 106 valence electrons. The van der Waals surface area contributed by atoms with Gasteiger partial charge in [0.05, 0.1) is 0 Å². The zero-order chi connectivity index (χ0) is 14.4. The molecule has 0 spiro atoms. The minimum absolute atomic E-state index is 0.361. The smallest absolute Gasteiger partial charge is 0.134 e. The third-order valence-corrected chi connectivity index (χ3v) is 3.13. The van der Waals surface area contributed by atoms with Crippen LogP contribution in [0.4, 0.5) is 11.6 Å². The highest BCUT2D eigenvalue weighted by molar-refractivity contribution is 5.58. The summed E-state index contributed by atoms with van der Waals surface area (Å²) < 4.78 is 0. The van der Waals surface area contributed by atoms with Gasteiger partial charge in [-0.3, -0.25) is 4.98 Å². The summed E-state index contributed by atoms with van der Waals surface area (Å²) in [6.07, 6.45) is 6.19. The van der Waals surface area contributed by atoms with Crippen LogP contribution in [0, 0.1) is 0 Å². The Morgan fingerprint density at radius 3 is 2.65 bits per heavy atom. The number of aromatic nitrogens is 3. The minimum Gasteiger partial charge on any atom is -0.373 e. The maximum absolute atomic E-state index is 4.36. The van der Waals surface area contributed by atoms with E-state index in [1.54, 1.807) is 12.5 Å². The Balaban J connectivity index is 2.06. The predicted octanol–water partition coefficient (Wildman–Crippen LogP) is 2.69. The summed E-state index contributed by atoms with van der Waals surface area (Å²) in [6, 6.07) is 4.04. The van der Waals surface area contributed by atoms with E-state index in [1.807, 2.05) is 19.3 Å². The second kappa shape index (κ2) is 6.84. The Morgan fingerprint density at radius 2 is 2.00 bits per heavy atom. The Kier molecular flexibility index (Phi) is 4.87. The van der Waals surface area contributed by atoms with Crippen LogP contribution in [0.1, 0.15) is 30.9 Å². The number of hydrogen-bond donors (Lipinski definition) is 2. The van der Waals surface area contributed by atoms with Crippen LogP contribution in [0.15, 0.2) is 30.9 Å². The van der Waals surface area contributed by atoms with Crippen LogP contribution >= 0.6 is 0 Å². The molecule has 2 aromatic heterocycles. The molecule has 0 atom stereocenters. The summed E-state index contributed by atoms with van der Waals surface area (Å²) in [7, 11) is 1.88. The first kappa shape index (κ1) is 14.2. The van der Waals surface area contributed by atoms with Gasteiger partial charge in [-0.2, -0.15) is 0 Å². The molecule has 20 heavy (non-hydrogen) atoms. The molecule has 0 saturated carbocycles. The van der Waals surface area contributed by atoms with Crippen molar-refractivity contribution in [2.75, 3.05) is 24.2 Å². The first-order valence-electron chi connectivity index (χ1n) is 6.87. The van der Waals surface area contributed by atoms with Crippen LogP contribution in [0.2, 0.25) is 0 Å². The molecule has 0 saturated heterocycles. The van der Waals surface area contributed by atoms with Crippen LogP contribution in [0.25, 0.3) is 0 Å². The minimum atomic E-state index is 0.361. The highest BCUT2D eigenvalue weighted by Gasteiger charge is 2.13. The van der Waals surface area contributed by atoms with Crippen molar-refractivity contribution in [1.82, 2.24) is 15.0 Å². The predicted molar refractivity (Wildman–Crippen MR) is 82.1 cm³/mol. The molecule has 2 heterocycles. The monoisotopic (exact) mass is 271 g/mol. The molecule has 0 radical (unpaired) electrons. The first-order chi connectivity index (χ1) is 9.72. The number of anilines is 2. The lowest BCUT2D eigenvalue weighted by Gasteiger charge is -2.16. The fourth-order valence-electron chi connectivity index (χ4n) is 2.15. The van der Waals surface area contributed by atoms with E-state index < -0.39 is 0 Å². The molecule has 0 aliphatic carbocycles. The molecule has 5 nitrogen and oxygen atoms in total. The number of hydrogen-bond acceptors (Lipinski definition) is 5. The van der Waals surface area contributed by atoms with Crippen molar-refractivity contribution >= 4 is 11.6 Å². The van der Waals surface area contributed by atoms with Gasteiger partial charge in [-0.1, -0.05) is 19.9 Å². The van der Waals surface area contributed by atoms with Crippen LogP contribution in [0.5, 0.6) is 0 Å². The topological polar surface area (TPSA) is 62.7 Å². The molecule has 0 amide bonds. The van der Waals surface area contributed by atoms with E-state index in [-0.39, 0.29) is 0 Å². The van der Waals surface area contributed by atoms with Crippen molar-refractivity contribution < 1.29 is 0 Å². The molecule has 2 aromatic rings. The maximum Gasteiger partial charge on any atom is 0.134 e. The molecule has 0 bridgehead atoms. The third-order valence-electron chi connectivity index (χ3n) is 3.13. The number of rotatable bonds is 6. The molecule has 0 aliphatic heterocycles. The molecule has 0 fully saturated rings. The van der Waals surface area contributed by atoms with Crippen LogP contribution in [-0.4, -0.2) is 28.5 Å². The van der Waals surface area contributed by atoms with Gasteiger partial charge >= 0.3 is 0 Å². The highest BCUT2D eigenvalue weighted by atomic mass is 15.1. The van der Waals surface area contributed by atoms with Gasteiger partial charge in [0.15, 0.2) is 0 Å². The van der Waals surface area contributed by atoms with Crippen molar-refractivity contribution in [1.29, 1.82) is 0 Å². The van der Waals surface area contributed by atoms with Crippen molar-refractivity contribution in [3.05, 3.63) is 42.0 Å². The Bertz CT molecular complexity index is 539. The van der Waals surface area contributed by atoms with E-state index in [0.29, 0.717) is 5.92 Å². The van der Waals surface area contributed by atoms with Crippen LogP contribution < -0.4 is 10.6 Å². The largest absolute Gasteiger partial charge is 0.373 e. The molecule has 0 aliphatic rings. The Labute approximate surface area is 119 Å². The van der Waals surface area contributed by atoms with Crippen molar-refractivity contribution in [3.8, 4) is 0 Å². The van der Waals surface area contributed by atoms with Gasteiger partial charge in [0.1, 0.15) is 18.0 Å². The fourth-order valence-corrected chi connectivity index (χ4v) is 2.15. The van der Waals surface area contributed by atoms with Crippen molar-refractivity contribution in [2.45, 2.75) is 26.2 Å². The van der Waals surface area contributed by atoms with Gasteiger partial charge in [-0.05, 0) is 24.0 Å². The van der Waals surface area contributed by atoms with Gasteiger partial charge in [0, 0.05) is 31.5 Å². The molecule has 0 aromatic carbocycles. The molecule has 0 unspecified atom stereocenters. The summed E-state index contributed by atoms with van der Waals surface area (Å²) in [6.45, 7) is 5.11. The lowest BCUT2D eigenvalue weighted by molar-refractivity contribution is 0.845. The van der Waals surface area contributed by atoms with Crippen molar-refractivity contribution in [3.63, 3.8) is 0 Å². The second-order valence-electron chi connectivity index (χ2n) is 4.93. The van der Waals surface area contributed by atoms with E-state index in [2.05, 4.69) is 45.5 Å². The van der Waals surface area contributed by atoms with E-state index in [9.17, 15) is 0 Å². The summed E-state index contributed by atoms with van der Waals surface area (Å²) >= 11 is 0. The second-order valence-corrected chi connectivity index (χ2v) is 4.93. The zero-order valence-corrected chi connectivity index (χ0v) is 12.2.